The van der Waals surface area contributed by atoms with E-state index in [0.717, 1.165) is 11.8 Å². The van der Waals surface area contributed by atoms with Gasteiger partial charge in [0.05, 0.1) is 10.4 Å². The number of rotatable bonds is 5. The molecule has 0 radical (unpaired) electrons. The molecule has 0 spiro atoms. The number of H-pyrrole nitrogens is 1. The molecule has 29 heavy (non-hydrogen) atoms. The normalized spacial score (nSPS) is 12.2. The topological polar surface area (TPSA) is 106 Å². The first-order chi connectivity index (χ1) is 13.8. The summed E-state index contributed by atoms with van der Waals surface area (Å²) in [4.78, 5) is -0.715. The number of benzene rings is 3. The molecule has 1 aromatic heterocycles. The second kappa shape index (κ2) is 7.02. The van der Waals surface area contributed by atoms with E-state index in [9.17, 15) is 16.8 Å². The summed E-state index contributed by atoms with van der Waals surface area (Å²) in [5, 5.41) is 7.88. The van der Waals surface area contributed by atoms with Crippen molar-refractivity contribution in [3.8, 4) is 17.0 Å². The quantitative estimate of drug-likeness (QED) is 0.488. The third kappa shape index (κ3) is 3.74. The van der Waals surface area contributed by atoms with Crippen molar-refractivity contribution in [1.29, 1.82) is 0 Å². The first kappa shape index (κ1) is 19.2. The minimum absolute atomic E-state index is 0.0550. The molecule has 0 aliphatic heterocycles. The van der Waals surface area contributed by atoms with Crippen LogP contribution in [-0.4, -0.2) is 33.3 Å². The third-order valence-electron chi connectivity index (χ3n) is 4.31. The zero-order chi connectivity index (χ0) is 20.6. The Hall–Kier alpha value is -3.17. The maximum absolute atomic E-state index is 12.8. The zero-order valence-corrected chi connectivity index (χ0v) is 16.9. The van der Waals surface area contributed by atoms with Crippen LogP contribution in [0, 0.1) is 0 Å². The Labute approximate surface area is 168 Å². The maximum Gasteiger partial charge on any atom is 0.340 e. The van der Waals surface area contributed by atoms with Gasteiger partial charge in [-0.05, 0) is 30.3 Å². The lowest BCUT2D eigenvalue weighted by Crippen LogP contribution is -2.14. The molecule has 3 aromatic carbocycles. The molecule has 7 nitrogen and oxygen atoms in total. The highest BCUT2D eigenvalue weighted by atomic mass is 32.2. The molecule has 0 bridgehead atoms. The lowest BCUT2D eigenvalue weighted by Gasteiger charge is -2.10. The SMILES string of the molecule is CS(=O)(=O)c1ccccc1S(=O)(=O)Oc1ccc2[nH]nc(-c3ccccc3)c2c1. The van der Waals surface area contributed by atoms with Gasteiger partial charge in [-0.15, -0.1) is 0 Å². The highest BCUT2D eigenvalue weighted by Crippen LogP contribution is 2.31. The van der Waals surface area contributed by atoms with Gasteiger partial charge in [0.25, 0.3) is 0 Å². The highest BCUT2D eigenvalue weighted by molar-refractivity contribution is 7.92. The molecule has 0 aliphatic carbocycles. The Morgan fingerprint density at radius 1 is 0.828 bits per heavy atom. The molecule has 4 aromatic rings. The van der Waals surface area contributed by atoms with E-state index in [1.807, 2.05) is 30.3 Å². The number of aromatic amines is 1. The summed E-state index contributed by atoms with van der Waals surface area (Å²) in [7, 11) is -8.12. The van der Waals surface area contributed by atoms with Crippen molar-refractivity contribution in [2.75, 3.05) is 6.26 Å². The molecule has 1 N–H and O–H groups in total. The van der Waals surface area contributed by atoms with Gasteiger partial charge in [-0.3, -0.25) is 5.10 Å². The third-order valence-corrected chi connectivity index (χ3v) is 6.90. The standard InChI is InChI=1S/C20H16N2O5S2/c1-28(23,24)18-9-5-6-10-19(18)29(25,26)27-15-11-12-17-16(13-15)20(22-21-17)14-7-3-2-4-8-14/h2-13H,1H3,(H,21,22). The molecule has 148 valence electrons. The number of fused-ring (bicyclic) bond motifs is 1. The monoisotopic (exact) mass is 428 g/mol. The van der Waals surface area contributed by atoms with Crippen LogP contribution in [0.1, 0.15) is 0 Å². The van der Waals surface area contributed by atoms with Crippen LogP contribution >= 0.6 is 0 Å². The highest BCUT2D eigenvalue weighted by Gasteiger charge is 2.25. The Morgan fingerprint density at radius 2 is 1.48 bits per heavy atom. The van der Waals surface area contributed by atoms with Crippen LogP contribution in [0.3, 0.4) is 0 Å². The molecular weight excluding hydrogens is 412 g/mol. The lowest BCUT2D eigenvalue weighted by molar-refractivity contribution is 0.483. The fourth-order valence-corrected chi connectivity index (χ4v) is 5.52. The zero-order valence-electron chi connectivity index (χ0n) is 15.2. The van der Waals surface area contributed by atoms with E-state index < -0.39 is 24.9 Å². The summed E-state index contributed by atoms with van der Waals surface area (Å²) < 4.78 is 54.8. The van der Waals surface area contributed by atoms with E-state index in [2.05, 4.69) is 10.2 Å². The molecule has 9 heteroatoms. The van der Waals surface area contributed by atoms with E-state index in [4.69, 9.17) is 4.18 Å². The second-order valence-corrected chi connectivity index (χ2v) is 9.90. The van der Waals surface area contributed by atoms with Crippen molar-refractivity contribution >= 4 is 30.9 Å². The van der Waals surface area contributed by atoms with Crippen LogP contribution < -0.4 is 4.18 Å². The predicted octanol–water partition coefficient (Wildman–Crippen LogP) is 3.40. The van der Waals surface area contributed by atoms with E-state index in [-0.39, 0.29) is 10.6 Å². The number of hydrogen-bond acceptors (Lipinski definition) is 6. The van der Waals surface area contributed by atoms with Gasteiger partial charge >= 0.3 is 10.1 Å². The van der Waals surface area contributed by atoms with Gasteiger partial charge in [-0.25, -0.2) is 8.42 Å². The molecule has 0 saturated carbocycles. The lowest BCUT2D eigenvalue weighted by atomic mass is 10.1. The number of hydrogen-bond donors (Lipinski definition) is 1. The second-order valence-electron chi connectivity index (χ2n) is 6.40. The molecule has 0 unspecified atom stereocenters. The molecule has 1 heterocycles. The van der Waals surface area contributed by atoms with Crippen molar-refractivity contribution in [1.82, 2.24) is 10.2 Å². The fourth-order valence-electron chi connectivity index (χ4n) is 3.00. The fraction of sp³-hybridized carbons (Fsp3) is 0.0500. The van der Waals surface area contributed by atoms with Crippen molar-refractivity contribution in [3.05, 3.63) is 72.8 Å². The van der Waals surface area contributed by atoms with Gasteiger partial charge in [-0.2, -0.15) is 13.5 Å². The number of nitrogens with one attached hydrogen (secondary N) is 1. The summed E-state index contributed by atoms with van der Waals surface area (Å²) in [6.45, 7) is 0. The van der Waals surface area contributed by atoms with E-state index in [1.54, 1.807) is 12.1 Å². The summed E-state index contributed by atoms with van der Waals surface area (Å²) in [5.41, 5.74) is 2.23. The Bertz CT molecular complexity index is 1410. The molecular formula is C20H16N2O5S2. The summed E-state index contributed by atoms with van der Waals surface area (Å²) in [6, 6.07) is 19.5. The van der Waals surface area contributed by atoms with Gasteiger partial charge < -0.3 is 4.18 Å². The first-order valence-corrected chi connectivity index (χ1v) is 11.8. The number of sulfone groups is 1. The van der Waals surface area contributed by atoms with Gasteiger partial charge in [0.2, 0.25) is 0 Å². The average molecular weight is 428 g/mol. The smallest absolute Gasteiger partial charge is 0.340 e. The molecule has 0 saturated heterocycles. The number of nitrogens with zero attached hydrogens (tertiary/aromatic N) is 1. The van der Waals surface area contributed by atoms with Crippen molar-refractivity contribution in [2.24, 2.45) is 0 Å². The average Bonchev–Trinajstić information content (AvgIpc) is 3.11. The van der Waals surface area contributed by atoms with Crippen LogP contribution in [0.25, 0.3) is 22.2 Å². The van der Waals surface area contributed by atoms with Crippen LogP contribution in [0.2, 0.25) is 0 Å². The maximum atomic E-state index is 12.8. The minimum atomic E-state index is -4.37. The van der Waals surface area contributed by atoms with Gasteiger partial charge in [0.15, 0.2) is 9.84 Å². The Kier molecular flexibility index (Phi) is 4.64. The molecule has 0 fully saturated rings. The number of aromatic nitrogens is 2. The summed E-state index contributed by atoms with van der Waals surface area (Å²) in [5.74, 6) is 0.0550. The Morgan fingerprint density at radius 3 is 2.17 bits per heavy atom. The largest absolute Gasteiger partial charge is 0.379 e. The van der Waals surface area contributed by atoms with Crippen molar-refractivity contribution in [2.45, 2.75) is 9.79 Å². The minimum Gasteiger partial charge on any atom is -0.379 e. The first-order valence-electron chi connectivity index (χ1n) is 8.53. The van der Waals surface area contributed by atoms with Crippen LogP contribution in [0.4, 0.5) is 0 Å². The van der Waals surface area contributed by atoms with E-state index >= 15 is 0 Å². The summed E-state index contributed by atoms with van der Waals surface area (Å²) >= 11 is 0. The van der Waals surface area contributed by atoms with Crippen LogP contribution in [-0.2, 0) is 20.0 Å². The van der Waals surface area contributed by atoms with Crippen LogP contribution in [0.5, 0.6) is 5.75 Å². The summed E-state index contributed by atoms with van der Waals surface area (Å²) in [6.07, 6.45) is 0.949. The van der Waals surface area contributed by atoms with Crippen molar-refractivity contribution < 1.29 is 21.0 Å². The van der Waals surface area contributed by atoms with Crippen molar-refractivity contribution in [3.63, 3.8) is 0 Å². The molecule has 0 amide bonds. The molecule has 0 atom stereocenters. The molecule has 0 aliphatic rings. The molecule has 4 rings (SSSR count). The van der Waals surface area contributed by atoms with Crippen LogP contribution in [0.15, 0.2) is 82.6 Å². The van der Waals surface area contributed by atoms with E-state index in [1.165, 1.54) is 30.3 Å². The van der Waals surface area contributed by atoms with Gasteiger partial charge in [0.1, 0.15) is 16.3 Å². The Balaban J connectivity index is 1.77. The van der Waals surface area contributed by atoms with Gasteiger partial charge in [0, 0.05) is 17.2 Å². The predicted molar refractivity (Wildman–Crippen MR) is 109 cm³/mol. The van der Waals surface area contributed by atoms with E-state index in [0.29, 0.717) is 16.6 Å². The van der Waals surface area contributed by atoms with Gasteiger partial charge in [-0.1, -0.05) is 42.5 Å².